The Balaban J connectivity index is 1.59. The van der Waals surface area contributed by atoms with Crippen LogP contribution in [0.25, 0.3) is 0 Å². The topological polar surface area (TPSA) is 92.8 Å². The summed E-state index contributed by atoms with van der Waals surface area (Å²) in [6, 6.07) is 6.08. The van der Waals surface area contributed by atoms with E-state index in [1.165, 1.54) is 27.8 Å². The summed E-state index contributed by atoms with van der Waals surface area (Å²) in [6.45, 7) is 3.01. The second-order valence-electron chi connectivity index (χ2n) is 7.73. The standard InChI is InChI=1S/C22H26N2O5S2/c1-2-29-22(26)19-17-10-7-11-18(17)30-21(19)23-20(25)15-8-6-9-16(14-15)31(27,28)24-12-4-3-5-13-24/h6,8-9,14H,2-5,7,10-13H2,1H3,(H,23,25). The van der Waals surface area contributed by atoms with E-state index < -0.39 is 21.9 Å². The molecule has 2 aliphatic rings. The normalized spacial score (nSPS) is 16.7. The first kappa shape index (κ1) is 22.0. The van der Waals surface area contributed by atoms with Gasteiger partial charge in [0.05, 0.1) is 17.1 Å². The maximum absolute atomic E-state index is 13.0. The van der Waals surface area contributed by atoms with Crippen LogP contribution in [0.3, 0.4) is 0 Å². The number of hydrogen-bond acceptors (Lipinski definition) is 6. The van der Waals surface area contributed by atoms with Crippen molar-refractivity contribution >= 4 is 38.2 Å². The predicted molar refractivity (Wildman–Crippen MR) is 119 cm³/mol. The average molecular weight is 463 g/mol. The molecule has 2 heterocycles. The Bertz CT molecular complexity index is 1100. The second-order valence-corrected chi connectivity index (χ2v) is 10.8. The van der Waals surface area contributed by atoms with Crippen molar-refractivity contribution in [3.8, 4) is 0 Å². The highest BCUT2D eigenvalue weighted by atomic mass is 32.2. The number of ether oxygens (including phenoxy) is 1. The minimum atomic E-state index is -3.64. The largest absolute Gasteiger partial charge is 0.462 e. The molecule has 4 rings (SSSR count). The van der Waals surface area contributed by atoms with Gasteiger partial charge in [0.15, 0.2) is 0 Å². The first-order valence-corrected chi connectivity index (χ1v) is 12.9. The average Bonchev–Trinajstić information content (AvgIpc) is 3.35. The Morgan fingerprint density at radius 3 is 2.65 bits per heavy atom. The van der Waals surface area contributed by atoms with Crippen LogP contribution in [0.1, 0.15) is 63.8 Å². The van der Waals surface area contributed by atoms with Gasteiger partial charge < -0.3 is 10.1 Å². The fourth-order valence-corrected chi connectivity index (χ4v) is 6.97. The number of carbonyl (C=O) groups is 2. The fraction of sp³-hybridized carbons (Fsp3) is 0.455. The fourth-order valence-electron chi connectivity index (χ4n) is 4.14. The van der Waals surface area contributed by atoms with E-state index in [2.05, 4.69) is 5.32 Å². The summed E-state index contributed by atoms with van der Waals surface area (Å²) in [4.78, 5) is 26.7. The molecule has 1 fully saturated rings. The number of hydrogen-bond donors (Lipinski definition) is 1. The van der Waals surface area contributed by atoms with Gasteiger partial charge in [-0.2, -0.15) is 4.31 Å². The number of esters is 1. The highest BCUT2D eigenvalue weighted by Gasteiger charge is 2.29. The molecular formula is C22H26N2O5S2. The molecule has 0 bridgehead atoms. The predicted octanol–water partition coefficient (Wildman–Crippen LogP) is 3.84. The van der Waals surface area contributed by atoms with Crippen molar-refractivity contribution in [1.29, 1.82) is 0 Å². The zero-order valence-corrected chi connectivity index (χ0v) is 19.1. The maximum Gasteiger partial charge on any atom is 0.341 e. The minimum absolute atomic E-state index is 0.112. The van der Waals surface area contributed by atoms with Gasteiger partial charge in [-0.25, -0.2) is 13.2 Å². The lowest BCUT2D eigenvalue weighted by molar-refractivity contribution is 0.0527. The molecule has 0 atom stereocenters. The number of fused-ring (bicyclic) bond motifs is 1. The van der Waals surface area contributed by atoms with E-state index in [1.54, 1.807) is 19.1 Å². The van der Waals surface area contributed by atoms with Crippen molar-refractivity contribution in [2.75, 3.05) is 25.0 Å². The van der Waals surface area contributed by atoms with E-state index >= 15 is 0 Å². The SMILES string of the molecule is CCOC(=O)c1c(NC(=O)c2cccc(S(=O)(=O)N3CCCCC3)c2)sc2c1CCC2. The van der Waals surface area contributed by atoms with Crippen molar-refractivity contribution in [1.82, 2.24) is 4.31 Å². The Morgan fingerprint density at radius 1 is 1.13 bits per heavy atom. The van der Waals surface area contributed by atoms with Crippen LogP contribution < -0.4 is 5.32 Å². The molecule has 1 aromatic carbocycles. The molecule has 7 nitrogen and oxygen atoms in total. The number of rotatable bonds is 6. The summed E-state index contributed by atoms with van der Waals surface area (Å²) < 4.78 is 32.6. The number of piperidine rings is 1. The van der Waals surface area contributed by atoms with Gasteiger partial charge in [-0.1, -0.05) is 12.5 Å². The summed E-state index contributed by atoms with van der Waals surface area (Å²) >= 11 is 1.40. The van der Waals surface area contributed by atoms with Crippen LogP contribution in [0.4, 0.5) is 5.00 Å². The van der Waals surface area contributed by atoms with Crippen molar-refractivity contribution < 1.29 is 22.7 Å². The maximum atomic E-state index is 13.0. The summed E-state index contributed by atoms with van der Waals surface area (Å²) in [5, 5.41) is 3.29. The number of benzene rings is 1. The second kappa shape index (κ2) is 9.10. The Morgan fingerprint density at radius 2 is 1.90 bits per heavy atom. The number of nitrogens with one attached hydrogen (secondary N) is 1. The van der Waals surface area contributed by atoms with Gasteiger partial charge in [-0.15, -0.1) is 11.3 Å². The highest BCUT2D eigenvalue weighted by Crippen LogP contribution is 2.39. The molecule has 1 amide bonds. The molecule has 1 aromatic heterocycles. The first-order chi connectivity index (χ1) is 14.9. The third-order valence-corrected chi connectivity index (χ3v) is 8.78. The molecule has 0 radical (unpaired) electrons. The number of thiophene rings is 1. The lowest BCUT2D eigenvalue weighted by atomic mass is 10.1. The summed E-state index contributed by atoms with van der Waals surface area (Å²) in [5.74, 6) is -0.875. The molecular weight excluding hydrogens is 436 g/mol. The summed E-state index contributed by atoms with van der Waals surface area (Å²) in [6.07, 6.45) is 5.38. The number of anilines is 1. The van der Waals surface area contributed by atoms with Crippen LogP contribution >= 0.6 is 11.3 Å². The third-order valence-electron chi connectivity index (χ3n) is 5.68. The van der Waals surface area contributed by atoms with Crippen molar-refractivity contribution in [3.05, 3.63) is 45.8 Å². The van der Waals surface area contributed by atoms with Crippen LogP contribution in [0.2, 0.25) is 0 Å². The molecule has 0 unspecified atom stereocenters. The Labute approximate surface area is 186 Å². The quantitative estimate of drug-likeness (QED) is 0.659. The van der Waals surface area contributed by atoms with E-state index in [-0.39, 0.29) is 17.1 Å². The number of amides is 1. The van der Waals surface area contributed by atoms with Crippen LogP contribution in [-0.4, -0.2) is 44.3 Å². The third kappa shape index (κ3) is 4.40. The first-order valence-electron chi connectivity index (χ1n) is 10.6. The number of carbonyl (C=O) groups excluding carboxylic acids is 2. The number of aryl methyl sites for hydroxylation is 1. The number of sulfonamides is 1. The zero-order chi connectivity index (χ0) is 22.0. The molecule has 2 aromatic rings. The van der Waals surface area contributed by atoms with E-state index in [1.807, 2.05) is 0 Å². The lowest BCUT2D eigenvalue weighted by Crippen LogP contribution is -2.35. The highest BCUT2D eigenvalue weighted by molar-refractivity contribution is 7.89. The van der Waals surface area contributed by atoms with Crippen molar-refractivity contribution in [2.24, 2.45) is 0 Å². The summed E-state index contributed by atoms with van der Waals surface area (Å²) in [7, 11) is -3.64. The molecule has 1 saturated heterocycles. The van der Waals surface area contributed by atoms with E-state index in [0.29, 0.717) is 23.7 Å². The van der Waals surface area contributed by atoms with Crippen LogP contribution in [-0.2, 0) is 27.6 Å². The Kier molecular flexibility index (Phi) is 6.45. The van der Waals surface area contributed by atoms with Gasteiger partial charge in [0.25, 0.3) is 5.91 Å². The van der Waals surface area contributed by atoms with E-state index in [4.69, 9.17) is 4.74 Å². The molecule has 31 heavy (non-hydrogen) atoms. The van der Waals surface area contributed by atoms with Crippen LogP contribution in [0, 0.1) is 0 Å². The monoisotopic (exact) mass is 462 g/mol. The zero-order valence-electron chi connectivity index (χ0n) is 17.5. The van der Waals surface area contributed by atoms with Gasteiger partial charge in [-0.05, 0) is 62.8 Å². The van der Waals surface area contributed by atoms with Crippen molar-refractivity contribution in [2.45, 2.75) is 50.3 Å². The van der Waals surface area contributed by atoms with E-state index in [0.717, 1.165) is 49.0 Å². The smallest absolute Gasteiger partial charge is 0.341 e. The van der Waals surface area contributed by atoms with Crippen molar-refractivity contribution in [3.63, 3.8) is 0 Å². The molecule has 166 valence electrons. The summed E-state index contributed by atoms with van der Waals surface area (Å²) in [5.41, 5.74) is 1.63. The van der Waals surface area contributed by atoms with Gasteiger partial charge in [-0.3, -0.25) is 4.79 Å². The van der Waals surface area contributed by atoms with Crippen LogP contribution in [0.15, 0.2) is 29.2 Å². The molecule has 9 heteroatoms. The molecule has 1 aliphatic heterocycles. The van der Waals surface area contributed by atoms with Crippen LogP contribution in [0.5, 0.6) is 0 Å². The molecule has 0 saturated carbocycles. The van der Waals surface area contributed by atoms with Gasteiger partial charge >= 0.3 is 5.97 Å². The molecule has 0 spiro atoms. The van der Waals surface area contributed by atoms with Gasteiger partial charge in [0.2, 0.25) is 10.0 Å². The van der Waals surface area contributed by atoms with E-state index in [9.17, 15) is 18.0 Å². The Hall–Kier alpha value is -2.23. The minimum Gasteiger partial charge on any atom is -0.462 e. The molecule has 1 aliphatic carbocycles. The van der Waals surface area contributed by atoms with Gasteiger partial charge in [0, 0.05) is 23.5 Å². The lowest BCUT2D eigenvalue weighted by Gasteiger charge is -2.26. The molecule has 1 N–H and O–H groups in total. The van der Waals surface area contributed by atoms with Gasteiger partial charge in [0.1, 0.15) is 5.00 Å². The number of nitrogens with zero attached hydrogens (tertiary/aromatic N) is 1.